The van der Waals surface area contributed by atoms with Crippen molar-refractivity contribution in [3.63, 3.8) is 0 Å². The number of hydrazine groups is 1. The van der Waals surface area contributed by atoms with Crippen LogP contribution in [0.3, 0.4) is 0 Å². The Kier molecular flexibility index (Phi) is 4.24. The third kappa shape index (κ3) is 2.45. The summed E-state index contributed by atoms with van der Waals surface area (Å²) in [5.41, 5.74) is 9.58. The van der Waals surface area contributed by atoms with Crippen molar-refractivity contribution in [1.29, 1.82) is 5.26 Å². The lowest BCUT2D eigenvalue weighted by atomic mass is 9.76. The minimum absolute atomic E-state index is 0.136. The fourth-order valence-electron chi connectivity index (χ4n) is 3.77. The second-order valence-corrected chi connectivity index (χ2v) is 7.97. The van der Waals surface area contributed by atoms with Crippen molar-refractivity contribution < 1.29 is 4.79 Å². The molecule has 0 radical (unpaired) electrons. The molecule has 1 atom stereocenters. The lowest BCUT2D eigenvalue weighted by molar-refractivity contribution is -0.116. The molecule has 126 valence electrons. The lowest BCUT2D eigenvalue weighted by Gasteiger charge is -2.42. The normalized spacial score (nSPS) is 21.4. The molecule has 24 heavy (non-hydrogen) atoms. The van der Waals surface area contributed by atoms with Crippen molar-refractivity contribution in [2.45, 2.75) is 39.0 Å². The largest absolute Gasteiger partial charge is 0.383 e. The first kappa shape index (κ1) is 16.7. The van der Waals surface area contributed by atoms with E-state index in [0.717, 1.165) is 34.6 Å². The van der Waals surface area contributed by atoms with Gasteiger partial charge in [-0.25, -0.2) is 5.01 Å². The van der Waals surface area contributed by atoms with Crippen LogP contribution in [0.1, 0.15) is 40.5 Å². The van der Waals surface area contributed by atoms with E-state index in [4.69, 9.17) is 5.73 Å². The van der Waals surface area contributed by atoms with E-state index in [1.807, 2.05) is 38.0 Å². The van der Waals surface area contributed by atoms with Crippen LogP contribution in [0.15, 0.2) is 28.7 Å². The second kappa shape index (κ2) is 6.08. The van der Waals surface area contributed by atoms with Crippen LogP contribution in [-0.2, 0) is 4.79 Å². The van der Waals surface area contributed by atoms with E-state index >= 15 is 0 Å². The number of nitriles is 1. The predicted octanol–water partition coefficient (Wildman–Crippen LogP) is 2.94. The number of carbonyl (C=O) groups excluding carboxylic acids is 1. The van der Waals surface area contributed by atoms with Crippen molar-refractivity contribution in [3.8, 4) is 6.07 Å². The van der Waals surface area contributed by atoms with Gasteiger partial charge in [-0.3, -0.25) is 9.80 Å². The summed E-state index contributed by atoms with van der Waals surface area (Å²) < 4.78 is 0. The Morgan fingerprint density at radius 3 is 2.62 bits per heavy atom. The number of hydrogen-bond acceptors (Lipinski definition) is 6. The number of allylic oxidation sites excluding steroid dienone is 3. The topological polar surface area (TPSA) is 73.4 Å². The summed E-state index contributed by atoms with van der Waals surface area (Å²) in [6.07, 6.45) is 2.17. The highest BCUT2D eigenvalue weighted by molar-refractivity contribution is 7.12. The Bertz CT molecular complexity index is 809. The zero-order chi connectivity index (χ0) is 17.6. The Labute approximate surface area is 146 Å². The molecule has 3 rings (SSSR count). The van der Waals surface area contributed by atoms with Crippen molar-refractivity contribution in [2.24, 2.45) is 5.73 Å². The molecule has 0 saturated heterocycles. The fraction of sp³-hybridized carbons (Fsp3) is 0.444. The van der Waals surface area contributed by atoms with E-state index < -0.39 is 0 Å². The SMILES string of the molecule is Cc1cc([C@@H]2C(C#N)=C(N)N(N(C)C)C3=C2C(=O)CCC3)c(C)s1. The number of Topliss-reactive ketones (excluding diaryl/α,β-unsaturated/α-hetero) is 1. The van der Waals surface area contributed by atoms with Crippen LogP contribution in [0.5, 0.6) is 0 Å². The summed E-state index contributed by atoms with van der Waals surface area (Å²) in [6, 6.07) is 4.37. The number of carbonyl (C=O) groups is 1. The van der Waals surface area contributed by atoms with Crippen LogP contribution in [0.2, 0.25) is 0 Å². The third-order valence-electron chi connectivity index (χ3n) is 4.68. The van der Waals surface area contributed by atoms with Gasteiger partial charge in [-0.1, -0.05) is 0 Å². The minimum atomic E-state index is -0.334. The summed E-state index contributed by atoms with van der Waals surface area (Å²) in [5, 5.41) is 13.5. The van der Waals surface area contributed by atoms with Gasteiger partial charge in [-0.05, 0) is 38.3 Å². The summed E-state index contributed by atoms with van der Waals surface area (Å²) >= 11 is 1.69. The van der Waals surface area contributed by atoms with Crippen molar-refractivity contribution >= 4 is 17.1 Å². The van der Waals surface area contributed by atoms with Gasteiger partial charge in [0.25, 0.3) is 0 Å². The molecular formula is C18H22N4OS. The van der Waals surface area contributed by atoms with Gasteiger partial charge in [0.1, 0.15) is 5.82 Å². The molecule has 0 amide bonds. The summed E-state index contributed by atoms with van der Waals surface area (Å²) in [6.45, 7) is 4.09. The number of ketones is 1. The van der Waals surface area contributed by atoms with Crippen LogP contribution >= 0.6 is 11.3 Å². The van der Waals surface area contributed by atoms with Crippen LogP contribution in [0.25, 0.3) is 0 Å². The molecule has 0 aromatic carbocycles. The first-order chi connectivity index (χ1) is 11.4. The zero-order valence-electron chi connectivity index (χ0n) is 14.5. The van der Waals surface area contributed by atoms with Crippen LogP contribution in [0, 0.1) is 25.2 Å². The van der Waals surface area contributed by atoms with E-state index in [-0.39, 0.29) is 11.7 Å². The first-order valence-electron chi connectivity index (χ1n) is 8.07. The molecule has 1 aromatic rings. The molecule has 2 aliphatic rings. The molecule has 1 aromatic heterocycles. The van der Waals surface area contributed by atoms with Gasteiger partial charge in [0.05, 0.1) is 17.6 Å². The number of nitrogens with zero attached hydrogens (tertiary/aromatic N) is 3. The van der Waals surface area contributed by atoms with Gasteiger partial charge < -0.3 is 5.73 Å². The Morgan fingerprint density at radius 1 is 1.38 bits per heavy atom. The Morgan fingerprint density at radius 2 is 2.08 bits per heavy atom. The number of thiophene rings is 1. The smallest absolute Gasteiger partial charge is 0.161 e. The maximum Gasteiger partial charge on any atom is 0.161 e. The monoisotopic (exact) mass is 342 g/mol. The van der Waals surface area contributed by atoms with E-state index in [0.29, 0.717) is 17.8 Å². The predicted molar refractivity (Wildman–Crippen MR) is 94.8 cm³/mol. The standard InChI is InChI=1S/C18H22N4OS/c1-10-8-12(11(2)24-10)16-13(9-19)18(20)22(21(3)4)14-6-5-7-15(23)17(14)16/h8,16H,5-7,20H2,1-4H3/t16-/m1/s1. The molecule has 1 aliphatic carbocycles. The van der Waals surface area contributed by atoms with Crippen LogP contribution < -0.4 is 5.73 Å². The van der Waals surface area contributed by atoms with Gasteiger partial charge in [-0.2, -0.15) is 5.26 Å². The third-order valence-corrected chi connectivity index (χ3v) is 5.66. The first-order valence-corrected chi connectivity index (χ1v) is 8.88. The van der Waals surface area contributed by atoms with Gasteiger partial charge in [0, 0.05) is 41.5 Å². The quantitative estimate of drug-likeness (QED) is 0.894. The number of aryl methyl sites for hydroxylation is 2. The van der Waals surface area contributed by atoms with Gasteiger partial charge in [-0.15, -0.1) is 11.3 Å². The summed E-state index contributed by atoms with van der Waals surface area (Å²) in [7, 11) is 3.76. The van der Waals surface area contributed by atoms with E-state index in [1.54, 1.807) is 11.3 Å². The molecule has 2 heterocycles. The van der Waals surface area contributed by atoms with E-state index in [1.165, 1.54) is 4.88 Å². The molecule has 0 unspecified atom stereocenters. The van der Waals surface area contributed by atoms with Gasteiger partial charge in [0.2, 0.25) is 0 Å². The highest BCUT2D eigenvalue weighted by atomic mass is 32.1. The molecule has 0 fully saturated rings. The maximum atomic E-state index is 12.8. The van der Waals surface area contributed by atoms with Crippen LogP contribution in [-0.4, -0.2) is 29.9 Å². The van der Waals surface area contributed by atoms with Crippen LogP contribution in [0.4, 0.5) is 0 Å². The average Bonchev–Trinajstić information content (AvgIpc) is 2.84. The molecule has 6 heteroatoms. The second-order valence-electron chi connectivity index (χ2n) is 6.51. The van der Waals surface area contributed by atoms with E-state index in [2.05, 4.69) is 12.1 Å². The molecular weight excluding hydrogens is 320 g/mol. The van der Waals surface area contributed by atoms with Crippen molar-refractivity contribution in [2.75, 3.05) is 14.1 Å². The maximum absolute atomic E-state index is 12.8. The average molecular weight is 342 g/mol. The van der Waals surface area contributed by atoms with Gasteiger partial charge >= 0.3 is 0 Å². The zero-order valence-corrected chi connectivity index (χ0v) is 15.3. The number of nitrogens with two attached hydrogens (primary N) is 1. The minimum Gasteiger partial charge on any atom is -0.383 e. The van der Waals surface area contributed by atoms with E-state index in [9.17, 15) is 10.1 Å². The number of hydrogen-bond donors (Lipinski definition) is 1. The van der Waals surface area contributed by atoms with Crippen molar-refractivity contribution in [3.05, 3.63) is 44.0 Å². The Hall–Kier alpha value is -2.10. The van der Waals surface area contributed by atoms with Crippen molar-refractivity contribution in [1.82, 2.24) is 10.0 Å². The highest BCUT2D eigenvalue weighted by Gasteiger charge is 2.41. The lowest BCUT2D eigenvalue weighted by Crippen LogP contribution is -2.45. The summed E-state index contributed by atoms with van der Waals surface area (Å²) in [5.74, 6) is 0.236. The molecule has 0 spiro atoms. The van der Waals surface area contributed by atoms with Gasteiger partial charge in [0.15, 0.2) is 5.78 Å². The molecule has 0 bridgehead atoms. The molecule has 1 aliphatic heterocycles. The Balaban J connectivity index is 2.29. The summed E-state index contributed by atoms with van der Waals surface area (Å²) in [4.78, 5) is 15.1. The number of rotatable bonds is 2. The molecule has 2 N–H and O–H groups in total. The molecule has 5 nitrogen and oxygen atoms in total. The highest BCUT2D eigenvalue weighted by Crippen LogP contribution is 2.46. The fourth-order valence-corrected chi connectivity index (χ4v) is 4.74. The molecule has 0 saturated carbocycles.